The molecule has 0 saturated carbocycles. The predicted molar refractivity (Wildman–Crippen MR) is 111 cm³/mol. The molecule has 0 amide bonds. The van der Waals surface area contributed by atoms with E-state index in [9.17, 15) is 0 Å². The Bertz CT molecular complexity index is 886. The number of nitrogens with zero attached hydrogens (tertiary/aromatic N) is 2. The number of hydrogen-bond donors (Lipinski definition) is 0. The molecule has 1 aromatic heterocycles. The zero-order valence-corrected chi connectivity index (χ0v) is 15.9. The van der Waals surface area contributed by atoms with Crippen molar-refractivity contribution in [1.29, 1.82) is 0 Å². The molecule has 0 bridgehead atoms. The maximum absolute atomic E-state index is 4.72. The van der Waals surface area contributed by atoms with E-state index in [2.05, 4.69) is 73.5 Å². The number of pyridine rings is 1. The van der Waals surface area contributed by atoms with Gasteiger partial charge in [-0.05, 0) is 66.5 Å². The SMILES string of the molecule is Cc1cnc(CCc2cccc3ccccc23)cc1N1CCC(C)CC1. The molecule has 134 valence electrons. The molecule has 2 nitrogen and oxygen atoms in total. The summed E-state index contributed by atoms with van der Waals surface area (Å²) >= 11 is 0. The van der Waals surface area contributed by atoms with Crippen LogP contribution < -0.4 is 4.90 Å². The molecule has 1 aliphatic rings. The number of aromatic nitrogens is 1. The lowest BCUT2D eigenvalue weighted by atomic mass is 9.97. The van der Waals surface area contributed by atoms with Crippen LogP contribution in [-0.2, 0) is 12.8 Å². The quantitative estimate of drug-likeness (QED) is 0.615. The number of fused-ring (bicyclic) bond motifs is 1. The first kappa shape index (κ1) is 17.1. The van der Waals surface area contributed by atoms with Gasteiger partial charge in [-0.25, -0.2) is 0 Å². The Hall–Kier alpha value is -2.35. The summed E-state index contributed by atoms with van der Waals surface area (Å²) in [7, 11) is 0. The Kier molecular flexibility index (Phi) is 4.92. The van der Waals surface area contributed by atoms with Crippen LogP contribution in [0.15, 0.2) is 54.7 Å². The van der Waals surface area contributed by atoms with Crippen LogP contribution in [0.3, 0.4) is 0 Å². The van der Waals surface area contributed by atoms with Crippen LogP contribution in [0.5, 0.6) is 0 Å². The fraction of sp³-hybridized carbons (Fsp3) is 0.375. The second-order valence-corrected chi connectivity index (χ2v) is 7.77. The van der Waals surface area contributed by atoms with Crippen LogP contribution in [0.4, 0.5) is 5.69 Å². The van der Waals surface area contributed by atoms with Crippen molar-refractivity contribution in [2.45, 2.75) is 39.5 Å². The van der Waals surface area contributed by atoms with Crippen LogP contribution in [0.2, 0.25) is 0 Å². The molecule has 2 heteroatoms. The van der Waals surface area contributed by atoms with Gasteiger partial charge in [0.15, 0.2) is 0 Å². The largest absolute Gasteiger partial charge is 0.371 e. The number of rotatable bonds is 4. The number of anilines is 1. The molecule has 1 fully saturated rings. The molecule has 3 aromatic rings. The van der Waals surface area contributed by atoms with Crippen LogP contribution in [-0.4, -0.2) is 18.1 Å². The topological polar surface area (TPSA) is 16.1 Å². The van der Waals surface area contributed by atoms with E-state index in [0.29, 0.717) is 0 Å². The molecule has 4 rings (SSSR count). The number of hydrogen-bond acceptors (Lipinski definition) is 2. The molecule has 1 aliphatic heterocycles. The van der Waals surface area contributed by atoms with Crippen LogP contribution in [0.1, 0.15) is 36.6 Å². The lowest BCUT2D eigenvalue weighted by Gasteiger charge is -2.33. The zero-order valence-electron chi connectivity index (χ0n) is 15.9. The molecule has 0 N–H and O–H groups in total. The molecule has 0 aliphatic carbocycles. The molecular formula is C24H28N2. The van der Waals surface area contributed by atoms with E-state index in [1.54, 1.807) is 0 Å². The summed E-state index contributed by atoms with van der Waals surface area (Å²) in [5.41, 5.74) is 5.31. The van der Waals surface area contributed by atoms with Crippen molar-refractivity contribution in [2.75, 3.05) is 18.0 Å². The molecule has 1 saturated heterocycles. The fourth-order valence-electron chi connectivity index (χ4n) is 4.05. The summed E-state index contributed by atoms with van der Waals surface area (Å²) in [6, 6.07) is 17.6. The van der Waals surface area contributed by atoms with Crippen LogP contribution in [0.25, 0.3) is 10.8 Å². The van der Waals surface area contributed by atoms with Crippen LogP contribution >= 0.6 is 0 Å². The Labute approximate surface area is 156 Å². The molecule has 0 atom stereocenters. The predicted octanol–water partition coefficient (Wildman–Crippen LogP) is 5.56. The molecule has 0 spiro atoms. The van der Waals surface area contributed by atoms with Crippen molar-refractivity contribution < 1.29 is 0 Å². The van der Waals surface area contributed by atoms with E-state index in [-0.39, 0.29) is 0 Å². The van der Waals surface area contributed by atoms with Crippen LogP contribution in [0, 0.1) is 12.8 Å². The number of benzene rings is 2. The fourth-order valence-corrected chi connectivity index (χ4v) is 4.05. The van der Waals surface area contributed by atoms with Gasteiger partial charge in [-0.15, -0.1) is 0 Å². The third kappa shape index (κ3) is 3.60. The maximum atomic E-state index is 4.72. The third-order valence-electron chi connectivity index (χ3n) is 5.79. The van der Waals surface area contributed by atoms with Crippen molar-refractivity contribution >= 4 is 16.5 Å². The standard InChI is InChI=1S/C24H28N2/c1-18-12-14-26(15-13-18)24-16-22(25-17-19(24)2)11-10-21-8-5-7-20-6-3-4-9-23(20)21/h3-9,16-18H,10-15H2,1-2H3. The summed E-state index contributed by atoms with van der Waals surface area (Å²) in [6.45, 7) is 6.91. The highest BCUT2D eigenvalue weighted by molar-refractivity contribution is 5.85. The van der Waals surface area contributed by atoms with Crippen molar-refractivity contribution in [3.05, 3.63) is 71.5 Å². The smallest absolute Gasteiger partial charge is 0.0429 e. The Morgan fingerprint density at radius 2 is 1.77 bits per heavy atom. The van der Waals surface area contributed by atoms with E-state index in [1.165, 1.54) is 59.2 Å². The summed E-state index contributed by atoms with van der Waals surface area (Å²) in [4.78, 5) is 7.27. The highest BCUT2D eigenvalue weighted by Gasteiger charge is 2.18. The highest BCUT2D eigenvalue weighted by Crippen LogP contribution is 2.27. The van der Waals surface area contributed by atoms with E-state index in [0.717, 1.165) is 18.8 Å². The third-order valence-corrected chi connectivity index (χ3v) is 5.79. The van der Waals surface area contributed by atoms with E-state index >= 15 is 0 Å². The number of piperidine rings is 1. The van der Waals surface area contributed by atoms with E-state index in [1.807, 2.05) is 0 Å². The van der Waals surface area contributed by atoms with Crippen molar-refractivity contribution in [1.82, 2.24) is 4.98 Å². The van der Waals surface area contributed by atoms with Gasteiger partial charge in [0, 0.05) is 30.7 Å². The van der Waals surface area contributed by atoms with E-state index < -0.39 is 0 Å². The molecular weight excluding hydrogens is 316 g/mol. The van der Waals surface area contributed by atoms with Gasteiger partial charge in [0.1, 0.15) is 0 Å². The van der Waals surface area contributed by atoms with Crippen molar-refractivity contribution in [2.24, 2.45) is 5.92 Å². The Balaban J connectivity index is 1.52. The summed E-state index contributed by atoms with van der Waals surface area (Å²) < 4.78 is 0. The molecule has 2 aromatic carbocycles. The molecule has 26 heavy (non-hydrogen) atoms. The molecule has 0 radical (unpaired) electrons. The maximum Gasteiger partial charge on any atom is 0.0429 e. The number of aryl methyl sites for hydroxylation is 3. The van der Waals surface area contributed by atoms with Gasteiger partial charge < -0.3 is 4.90 Å². The Morgan fingerprint density at radius 1 is 1.00 bits per heavy atom. The molecule has 0 unspecified atom stereocenters. The van der Waals surface area contributed by atoms with Gasteiger partial charge in [0.25, 0.3) is 0 Å². The van der Waals surface area contributed by atoms with Gasteiger partial charge in [0.2, 0.25) is 0 Å². The lowest BCUT2D eigenvalue weighted by Crippen LogP contribution is -2.33. The zero-order chi connectivity index (χ0) is 17.9. The van der Waals surface area contributed by atoms with Gasteiger partial charge in [0.05, 0.1) is 0 Å². The average molecular weight is 345 g/mol. The second-order valence-electron chi connectivity index (χ2n) is 7.77. The van der Waals surface area contributed by atoms with Gasteiger partial charge in [-0.3, -0.25) is 4.98 Å². The minimum atomic E-state index is 0.860. The highest BCUT2D eigenvalue weighted by atomic mass is 15.1. The minimum Gasteiger partial charge on any atom is -0.371 e. The van der Waals surface area contributed by atoms with Gasteiger partial charge in [-0.1, -0.05) is 49.4 Å². The summed E-state index contributed by atoms with van der Waals surface area (Å²) in [5, 5.41) is 2.69. The average Bonchev–Trinajstić information content (AvgIpc) is 2.68. The van der Waals surface area contributed by atoms with Gasteiger partial charge >= 0.3 is 0 Å². The first-order valence-corrected chi connectivity index (χ1v) is 9.88. The van der Waals surface area contributed by atoms with E-state index in [4.69, 9.17) is 4.98 Å². The molecule has 2 heterocycles. The Morgan fingerprint density at radius 3 is 2.62 bits per heavy atom. The second kappa shape index (κ2) is 7.49. The summed E-state index contributed by atoms with van der Waals surface area (Å²) in [6.07, 6.45) is 6.69. The van der Waals surface area contributed by atoms with Gasteiger partial charge in [-0.2, -0.15) is 0 Å². The van der Waals surface area contributed by atoms with Crippen molar-refractivity contribution in [3.8, 4) is 0 Å². The lowest BCUT2D eigenvalue weighted by molar-refractivity contribution is 0.438. The minimum absolute atomic E-state index is 0.860. The van der Waals surface area contributed by atoms with Crippen molar-refractivity contribution in [3.63, 3.8) is 0 Å². The monoisotopic (exact) mass is 344 g/mol. The summed E-state index contributed by atoms with van der Waals surface area (Å²) in [5.74, 6) is 0.860. The normalized spacial score (nSPS) is 15.5. The first-order valence-electron chi connectivity index (χ1n) is 9.88. The first-order chi connectivity index (χ1) is 12.7.